The highest BCUT2D eigenvalue weighted by Crippen LogP contribution is 2.20. The van der Waals surface area contributed by atoms with Crippen LogP contribution in [0.15, 0.2) is 35.1 Å². The van der Waals surface area contributed by atoms with E-state index in [1.54, 1.807) is 4.68 Å². The van der Waals surface area contributed by atoms with Gasteiger partial charge in [-0.25, -0.2) is 9.67 Å². The molecule has 0 bridgehead atoms. The van der Waals surface area contributed by atoms with Gasteiger partial charge in [0.2, 0.25) is 0 Å². The maximum absolute atomic E-state index is 12.3. The lowest BCUT2D eigenvalue weighted by Gasteiger charge is -2.21. The van der Waals surface area contributed by atoms with Crippen LogP contribution in [0.1, 0.15) is 30.1 Å². The van der Waals surface area contributed by atoms with Crippen LogP contribution in [-0.2, 0) is 6.54 Å². The molecule has 3 heterocycles. The number of fused-ring (bicyclic) bond motifs is 1. The summed E-state index contributed by atoms with van der Waals surface area (Å²) in [6.07, 6.45) is 2.12. The second-order valence-electron chi connectivity index (χ2n) is 5.90. The van der Waals surface area contributed by atoms with Gasteiger partial charge < -0.3 is 10.3 Å². The van der Waals surface area contributed by atoms with Gasteiger partial charge in [-0.05, 0) is 24.9 Å². The number of rotatable bonds is 3. The minimum absolute atomic E-state index is 0. The Kier molecular flexibility index (Phi) is 4.92. The molecular formula is C16H19ClN6O. The van der Waals surface area contributed by atoms with Gasteiger partial charge in [0.25, 0.3) is 5.56 Å². The largest absolute Gasteiger partial charge is 0.316 e. The summed E-state index contributed by atoms with van der Waals surface area (Å²) in [4.78, 5) is 19.8. The molecule has 1 aliphatic rings. The molecule has 0 spiro atoms. The van der Waals surface area contributed by atoms with E-state index in [0.717, 1.165) is 37.3 Å². The molecule has 1 saturated heterocycles. The van der Waals surface area contributed by atoms with E-state index < -0.39 is 0 Å². The van der Waals surface area contributed by atoms with Crippen molar-refractivity contribution in [2.45, 2.75) is 25.3 Å². The monoisotopic (exact) mass is 346 g/mol. The molecule has 2 N–H and O–H groups in total. The van der Waals surface area contributed by atoms with Crippen molar-refractivity contribution in [2.75, 3.05) is 13.1 Å². The number of halogens is 1. The molecule has 0 amide bonds. The maximum Gasteiger partial charge on any atom is 0.281 e. The van der Waals surface area contributed by atoms with Crippen molar-refractivity contribution in [3.8, 4) is 0 Å². The van der Waals surface area contributed by atoms with E-state index in [4.69, 9.17) is 0 Å². The van der Waals surface area contributed by atoms with E-state index >= 15 is 0 Å². The smallest absolute Gasteiger partial charge is 0.281 e. The molecule has 24 heavy (non-hydrogen) atoms. The van der Waals surface area contributed by atoms with Crippen LogP contribution >= 0.6 is 12.4 Å². The zero-order chi connectivity index (χ0) is 15.6. The van der Waals surface area contributed by atoms with Crippen LogP contribution in [0.2, 0.25) is 0 Å². The number of piperidine rings is 1. The first-order valence-corrected chi connectivity index (χ1v) is 7.89. The molecule has 1 aromatic carbocycles. The number of hydrogen-bond donors (Lipinski definition) is 2. The Labute approximate surface area is 144 Å². The van der Waals surface area contributed by atoms with E-state index in [0.29, 0.717) is 17.7 Å². The van der Waals surface area contributed by atoms with Crippen molar-refractivity contribution >= 4 is 23.6 Å². The minimum Gasteiger partial charge on any atom is -0.316 e. The summed E-state index contributed by atoms with van der Waals surface area (Å²) >= 11 is 0. The van der Waals surface area contributed by atoms with Gasteiger partial charge in [-0.2, -0.15) is 0 Å². The van der Waals surface area contributed by atoms with E-state index in [-0.39, 0.29) is 23.9 Å². The Balaban J connectivity index is 0.00000169. The average Bonchev–Trinajstić information content (AvgIpc) is 3.00. The molecule has 1 aliphatic heterocycles. The number of nitrogens with one attached hydrogen (secondary N) is 2. The fourth-order valence-electron chi connectivity index (χ4n) is 3.02. The number of H-pyrrole nitrogens is 1. The minimum atomic E-state index is -0.213. The maximum atomic E-state index is 12.3. The molecule has 1 fully saturated rings. The van der Waals surface area contributed by atoms with E-state index in [9.17, 15) is 4.79 Å². The van der Waals surface area contributed by atoms with Gasteiger partial charge in [-0.15, -0.1) is 17.5 Å². The summed E-state index contributed by atoms with van der Waals surface area (Å²) in [5, 5.41) is 11.4. The van der Waals surface area contributed by atoms with Gasteiger partial charge in [-0.3, -0.25) is 4.79 Å². The molecule has 2 aromatic heterocycles. The molecule has 0 aliphatic carbocycles. The highest BCUT2D eigenvalue weighted by atomic mass is 35.5. The van der Waals surface area contributed by atoms with Crippen LogP contribution < -0.4 is 10.9 Å². The highest BCUT2D eigenvalue weighted by molar-refractivity contribution is 5.85. The standard InChI is InChI=1S/C16H18N6O.ClH/c23-16-13-15(18-14(19-16)12-7-4-8-17-9-12)22(21-20-13)10-11-5-2-1-3-6-11;/h1-3,5-6,12,17H,4,7-10H2,(H,18,19,23);1H. The van der Waals surface area contributed by atoms with Crippen molar-refractivity contribution in [3.63, 3.8) is 0 Å². The second kappa shape index (κ2) is 7.11. The van der Waals surface area contributed by atoms with Crippen molar-refractivity contribution in [3.05, 3.63) is 52.1 Å². The number of hydrogen-bond acceptors (Lipinski definition) is 5. The van der Waals surface area contributed by atoms with Crippen molar-refractivity contribution in [2.24, 2.45) is 0 Å². The van der Waals surface area contributed by atoms with Gasteiger partial charge in [0, 0.05) is 12.5 Å². The Morgan fingerprint density at radius 1 is 1.25 bits per heavy atom. The lowest BCUT2D eigenvalue weighted by atomic mass is 9.99. The topological polar surface area (TPSA) is 88.5 Å². The zero-order valence-corrected chi connectivity index (χ0v) is 13.9. The van der Waals surface area contributed by atoms with E-state index in [2.05, 4.69) is 25.6 Å². The van der Waals surface area contributed by atoms with E-state index in [1.165, 1.54) is 0 Å². The summed E-state index contributed by atoms with van der Waals surface area (Å²) in [6.45, 7) is 2.42. The fraction of sp³-hybridized carbons (Fsp3) is 0.375. The molecule has 126 valence electrons. The third-order valence-corrected chi connectivity index (χ3v) is 4.25. The molecule has 7 nitrogen and oxygen atoms in total. The third kappa shape index (κ3) is 3.18. The van der Waals surface area contributed by atoms with Crippen molar-refractivity contribution in [1.82, 2.24) is 30.3 Å². The fourth-order valence-corrected chi connectivity index (χ4v) is 3.02. The molecule has 3 aromatic rings. The SMILES string of the molecule is Cl.O=c1[nH]c(C2CCCNC2)nc2c1nnn2Cc1ccccc1. The van der Waals surface area contributed by atoms with Gasteiger partial charge in [0.15, 0.2) is 11.2 Å². The van der Waals surface area contributed by atoms with Crippen LogP contribution in [0.3, 0.4) is 0 Å². The first-order valence-electron chi connectivity index (χ1n) is 7.89. The van der Waals surface area contributed by atoms with Gasteiger partial charge >= 0.3 is 0 Å². The van der Waals surface area contributed by atoms with Gasteiger partial charge in [-0.1, -0.05) is 35.5 Å². The molecule has 4 rings (SSSR count). The number of benzene rings is 1. The second-order valence-corrected chi connectivity index (χ2v) is 5.90. The van der Waals surface area contributed by atoms with Crippen LogP contribution in [0, 0.1) is 0 Å². The third-order valence-electron chi connectivity index (χ3n) is 4.25. The summed E-state index contributed by atoms with van der Waals surface area (Å²) in [7, 11) is 0. The summed E-state index contributed by atoms with van der Waals surface area (Å²) in [6, 6.07) is 9.97. The Bertz CT molecular complexity index is 869. The number of aromatic nitrogens is 5. The predicted octanol–water partition coefficient (Wildman–Crippen LogP) is 1.45. The first-order chi connectivity index (χ1) is 11.3. The predicted molar refractivity (Wildman–Crippen MR) is 93.6 cm³/mol. The molecule has 8 heteroatoms. The number of nitrogens with zero attached hydrogens (tertiary/aromatic N) is 4. The lowest BCUT2D eigenvalue weighted by Crippen LogP contribution is -2.30. The van der Waals surface area contributed by atoms with Crippen molar-refractivity contribution < 1.29 is 0 Å². The summed E-state index contributed by atoms with van der Waals surface area (Å²) < 4.78 is 1.69. The quantitative estimate of drug-likeness (QED) is 0.749. The highest BCUT2D eigenvalue weighted by Gasteiger charge is 2.20. The molecule has 0 radical (unpaired) electrons. The first kappa shape index (κ1) is 16.6. The Hall–Kier alpha value is -2.25. The van der Waals surface area contributed by atoms with Crippen LogP contribution in [0.4, 0.5) is 0 Å². The normalized spacial score (nSPS) is 17.6. The van der Waals surface area contributed by atoms with Crippen LogP contribution in [0.5, 0.6) is 0 Å². The lowest BCUT2D eigenvalue weighted by molar-refractivity contribution is 0.446. The molecule has 1 unspecified atom stereocenters. The molecule has 0 saturated carbocycles. The zero-order valence-electron chi connectivity index (χ0n) is 13.1. The Morgan fingerprint density at radius 2 is 2.08 bits per heavy atom. The van der Waals surface area contributed by atoms with Crippen molar-refractivity contribution in [1.29, 1.82) is 0 Å². The Morgan fingerprint density at radius 3 is 2.83 bits per heavy atom. The van der Waals surface area contributed by atoms with E-state index in [1.807, 2.05) is 30.3 Å². The summed E-state index contributed by atoms with van der Waals surface area (Å²) in [5.41, 5.74) is 1.74. The van der Waals surface area contributed by atoms with Gasteiger partial charge in [0.05, 0.1) is 6.54 Å². The molecule has 1 atom stereocenters. The summed E-state index contributed by atoms with van der Waals surface area (Å²) in [5.74, 6) is 0.965. The average molecular weight is 347 g/mol. The number of aromatic amines is 1. The van der Waals surface area contributed by atoms with Gasteiger partial charge in [0.1, 0.15) is 5.82 Å². The molecular weight excluding hydrogens is 328 g/mol. The van der Waals surface area contributed by atoms with Crippen LogP contribution in [-0.4, -0.2) is 38.1 Å². The van der Waals surface area contributed by atoms with Crippen LogP contribution in [0.25, 0.3) is 11.2 Å².